The normalized spacial score (nSPS) is 9.78. The highest BCUT2D eigenvalue weighted by Crippen LogP contribution is 2.33. The zero-order chi connectivity index (χ0) is 17.0. The van der Waals surface area contributed by atoms with Gasteiger partial charge in [0.15, 0.2) is 11.6 Å². The van der Waals surface area contributed by atoms with Crippen molar-refractivity contribution in [2.45, 2.75) is 0 Å². The van der Waals surface area contributed by atoms with Crippen LogP contribution in [0.25, 0.3) is 0 Å². The van der Waals surface area contributed by atoms with Crippen molar-refractivity contribution < 1.29 is 18.8 Å². The van der Waals surface area contributed by atoms with Crippen LogP contribution in [-0.4, -0.2) is 17.9 Å². The van der Waals surface area contributed by atoms with E-state index in [0.29, 0.717) is 0 Å². The number of nitriles is 1. The lowest BCUT2D eigenvalue weighted by Crippen LogP contribution is -2.17. The van der Waals surface area contributed by atoms with Crippen molar-refractivity contribution in [3.8, 4) is 17.6 Å². The minimum atomic E-state index is -0.825. The topological polar surface area (TPSA) is 105 Å². The van der Waals surface area contributed by atoms with E-state index in [2.05, 4.69) is 5.32 Å². The van der Waals surface area contributed by atoms with Crippen molar-refractivity contribution in [1.29, 1.82) is 5.26 Å². The lowest BCUT2D eigenvalue weighted by atomic mass is 10.1. The molecule has 0 atom stereocenters. The average Bonchev–Trinajstić information content (AvgIpc) is 2.55. The zero-order valence-electron chi connectivity index (χ0n) is 11.9. The second-order valence-corrected chi connectivity index (χ2v) is 4.38. The SMILES string of the molecule is CNC(=O)c1ccc(Oc2ccc(C#N)cc2F)c([N+](=O)[O-])c1. The number of amides is 1. The Kier molecular flexibility index (Phi) is 4.52. The Balaban J connectivity index is 2.42. The summed E-state index contributed by atoms with van der Waals surface area (Å²) in [5.41, 5.74) is -0.305. The van der Waals surface area contributed by atoms with Crippen molar-refractivity contribution in [3.05, 3.63) is 63.5 Å². The van der Waals surface area contributed by atoms with Crippen LogP contribution in [0, 0.1) is 27.3 Å². The molecule has 2 rings (SSSR count). The first-order chi connectivity index (χ1) is 11.0. The third-order valence-electron chi connectivity index (χ3n) is 2.93. The first-order valence-electron chi connectivity index (χ1n) is 6.34. The van der Waals surface area contributed by atoms with Crippen LogP contribution in [-0.2, 0) is 0 Å². The molecule has 2 aromatic carbocycles. The Morgan fingerprint density at radius 1 is 1.30 bits per heavy atom. The Labute approximate surface area is 130 Å². The summed E-state index contributed by atoms with van der Waals surface area (Å²) in [4.78, 5) is 21.9. The molecule has 0 radical (unpaired) electrons. The molecule has 1 amide bonds. The van der Waals surface area contributed by atoms with Crippen molar-refractivity contribution in [2.24, 2.45) is 0 Å². The van der Waals surface area contributed by atoms with E-state index in [9.17, 15) is 19.3 Å². The van der Waals surface area contributed by atoms with Crippen LogP contribution >= 0.6 is 0 Å². The highest BCUT2D eigenvalue weighted by atomic mass is 19.1. The zero-order valence-corrected chi connectivity index (χ0v) is 11.9. The summed E-state index contributed by atoms with van der Waals surface area (Å²) < 4.78 is 19.0. The van der Waals surface area contributed by atoms with Crippen LogP contribution in [0.15, 0.2) is 36.4 Å². The molecule has 0 saturated carbocycles. The van der Waals surface area contributed by atoms with Crippen molar-refractivity contribution in [2.75, 3.05) is 7.05 Å². The third-order valence-corrected chi connectivity index (χ3v) is 2.93. The van der Waals surface area contributed by atoms with Crippen LogP contribution in [0.5, 0.6) is 11.5 Å². The number of benzene rings is 2. The molecule has 0 bridgehead atoms. The highest BCUT2D eigenvalue weighted by Gasteiger charge is 2.20. The summed E-state index contributed by atoms with van der Waals surface area (Å²) in [5, 5.41) is 22.1. The molecule has 0 fully saturated rings. The maximum Gasteiger partial charge on any atom is 0.312 e. The highest BCUT2D eigenvalue weighted by molar-refractivity contribution is 5.95. The minimum absolute atomic E-state index is 0.0758. The predicted octanol–water partition coefficient (Wildman–Crippen LogP) is 2.76. The number of halogens is 1. The van der Waals surface area contributed by atoms with E-state index in [0.717, 1.165) is 12.1 Å². The quantitative estimate of drug-likeness (QED) is 0.690. The number of rotatable bonds is 4. The molecule has 0 spiro atoms. The van der Waals surface area contributed by atoms with E-state index in [1.165, 1.54) is 31.3 Å². The Bertz CT molecular complexity index is 830. The fourth-order valence-electron chi connectivity index (χ4n) is 1.80. The van der Waals surface area contributed by atoms with Gasteiger partial charge in [0, 0.05) is 18.7 Å². The van der Waals surface area contributed by atoms with E-state index >= 15 is 0 Å². The van der Waals surface area contributed by atoms with E-state index < -0.39 is 22.3 Å². The second-order valence-electron chi connectivity index (χ2n) is 4.38. The molecule has 0 saturated heterocycles. The number of nitro groups is 1. The van der Waals surface area contributed by atoms with Crippen LogP contribution in [0.3, 0.4) is 0 Å². The average molecular weight is 315 g/mol. The maximum absolute atomic E-state index is 13.8. The number of carbonyl (C=O) groups excluding carboxylic acids is 1. The van der Waals surface area contributed by atoms with Gasteiger partial charge in [-0.05, 0) is 30.3 Å². The Morgan fingerprint density at radius 3 is 2.57 bits per heavy atom. The molecule has 0 aliphatic rings. The van der Waals surface area contributed by atoms with Gasteiger partial charge in [-0.15, -0.1) is 0 Å². The largest absolute Gasteiger partial charge is 0.447 e. The lowest BCUT2D eigenvalue weighted by Gasteiger charge is -2.08. The maximum atomic E-state index is 13.8. The minimum Gasteiger partial charge on any atom is -0.447 e. The van der Waals surface area contributed by atoms with Gasteiger partial charge < -0.3 is 10.1 Å². The van der Waals surface area contributed by atoms with Crippen molar-refractivity contribution in [3.63, 3.8) is 0 Å². The van der Waals surface area contributed by atoms with Gasteiger partial charge in [-0.1, -0.05) is 0 Å². The van der Waals surface area contributed by atoms with Crippen LogP contribution in [0.4, 0.5) is 10.1 Å². The van der Waals surface area contributed by atoms with Gasteiger partial charge in [0.1, 0.15) is 0 Å². The number of ether oxygens (including phenoxy) is 1. The van der Waals surface area contributed by atoms with E-state index in [-0.39, 0.29) is 22.6 Å². The molecule has 1 N–H and O–H groups in total. The molecule has 0 aromatic heterocycles. The molecule has 7 nitrogen and oxygen atoms in total. The molecular weight excluding hydrogens is 305 g/mol. The number of hydrogen-bond donors (Lipinski definition) is 1. The van der Waals surface area contributed by atoms with Gasteiger partial charge in [0.25, 0.3) is 5.91 Å². The van der Waals surface area contributed by atoms with Gasteiger partial charge in [0.05, 0.1) is 16.6 Å². The predicted molar refractivity (Wildman–Crippen MR) is 77.7 cm³/mol. The van der Waals surface area contributed by atoms with E-state index in [4.69, 9.17) is 10.00 Å². The molecule has 116 valence electrons. The van der Waals surface area contributed by atoms with E-state index in [1.54, 1.807) is 6.07 Å². The van der Waals surface area contributed by atoms with Crippen molar-refractivity contribution >= 4 is 11.6 Å². The summed E-state index contributed by atoms with van der Waals surface area (Å²) >= 11 is 0. The standard InChI is InChI=1S/C15H10FN3O4/c1-18-15(20)10-3-5-14(12(7-10)19(21)22)23-13-4-2-9(8-17)6-11(13)16/h2-7H,1H3,(H,18,20). The van der Waals surface area contributed by atoms with Gasteiger partial charge in [0.2, 0.25) is 5.75 Å². The number of carbonyl (C=O) groups is 1. The summed E-state index contributed by atoms with van der Waals surface area (Å²) in [5.74, 6) is -1.80. The number of hydrogen-bond acceptors (Lipinski definition) is 5. The monoisotopic (exact) mass is 315 g/mol. The molecule has 23 heavy (non-hydrogen) atoms. The Morgan fingerprint density at radius 2 is 2.00 bits per heavy atom. The summed E-state index contributed by atoms with van der Waals surface area (Å²) in [6.07, 6.45) is 0. The fraction of sp³-hybridized carbons (Fsp3) is 0.0667. The summed E-state index contributed by atoms with van der Waals surface area (Å²) in [7, 11) is 1.39. The lowest BCUT2D eigenvalue weighted by molar-refractivity contribution is -0.385. The Hall–Kier alpha value is -3.47. The fourth-order valence-corrected chi connectivity index (χ4v) is 1.80. The first-order valence-corrected chi connectivity index (χ1v) is 6.34. The summed E-state index contributed by atoms with van der Waals surface area (Å²) in [6, 6.07) is 8.81. The van der Waals surface area contributed by atoms with Gasteiger partial charge in [-0.25, -0.2) is 4.39 Å². The number of nitrogens with zero attached hydrogens (tertiary/aromatic N) is 2. The first kappa shape index (κ1) is 15.9. The molecule has 8 heteroatoms. The van der Waals surface area contributed by atoms with Crippen LogP contribution in [0.1, 0.15) is 15.9 Å². The van der Waals surface area contributed by atoms with Gasteiger partial charge in [-0.2, -0.15) is 5.26 Å². The smallest absolute Gasteiger partial charge is 0.312 e. The summed E-state index contributed by atoms with van der Waals surface area (Å²) in [6.45, 7) is 0. The van der Waals surface area contributed by atoms with E-state index in [1.807, 2.05) is 0 Å². The molecular formula is C15H10FN3O4. The van der Waals surface area contributed by atoms with Crippen molar-refractivity contribution in [1.82, 2.24) is 5.32 Å². The number of nitrogens with one attached hydrogen (secondary N) is 1. The molecule has 0 heterocycles. The molecule has 0 unspecified atom stereocenters. The second kappa shape index (κ2) is 6.53. The van der Waals surface area contributed by atoms with Crippen LogP contribution < -0.4 is 10.1 Å². The van der Waals surface area contributed by atoms with Gasteiger partial charge in [-0.3, -0.25) is 14.9 Å². The van der Waals surface area contributed by atoms with Gasteiger partial charge >= 0.3 is 5.69 Å². The third kappa shape index (κ3) is 3.41. The molecule has 0 aliphatic heterocycles. The molecule has 2 aromatic rings. The number of nitro benzene ring substituents is 1. The molecule has 0 aliphatic carbocycles. The van der Waals surface area contributed by atoms with Crippen LogP contribution in [0.2, 0.25) is 0 Å².